The first-order valence-electron chi connectivity index (χ1n) is 5.48. The van der Waals surface area contributed by atoms with E-state index in [1.54, 1.807) is 18.2 Å². The zero-order valence-electron chi connectivity index (χ0n) is 10.2. The van der Waals surface area contributed by atoms with Crippen LogP contribution in [0.2, 0.25) is 5.02 Å². The molecule has 0 fully saturated rings. The lowest BCUT2D eigenvalue weighted by atomic mass is 10.2. The highest BCUT2D eigenvalue weighted by Gasteiger charge is 2.09. The highest BCUT2D eigenvalue weighted by molar-refractivity contribution is 6.35. The summed E-state index contributed by atoms with van der Waals surface area (Å²) in [5.41, 5.74) is 6.23. The molecule has 0 amide bonds. The number of ether oxygens (including phenoxy) is 1. The molecule has 1 aromatic carbocycles. The molecule has 0 saturated heterocycles. The number of benzene rings is 1. The summed E-state index contributed by atoms with van der Waals surface area (Å²) in [6, 6.07) is 5.23. The normalized spacial score (nSPS) is 10.2. The Morgan fingerprint density at radius 1 is 1.42 bits per heavy atom. The van der Waals surface area contributed by atoms with Gasteiger partial charge in [0.05, 0.1) is 7.11 Å². The third-order valence-corrected chi connectivity index (χ3v) is 2.94. The lowest BCUT2D eigenvalue weighted by Crippen LogP contribution is -2.05. The Labute approximate surface area is 115 Å². The monoisotopic (exact) mass is 280 g/mol. The van der Waals surface area contributed by atoms with Gasteiger partial charge in [0.1, 0.15) is 17.2 Å². The van der Waals surface area contributed by atoms with Gasteiger partial charge in [-0.2, -0.15) is 0 Å². The molecule has 100 valence electrons. The predicted octanol–water partition coefficient (Wildman–Crippen LogP) is 2.04. The van der Waals surface area contributed by atoms with E-state index >= 15 is 0 Å². The van der Waals surface area contributed by atoms with Crippen LogP contribution in [0.3, 0.4) is 0 Å². The number of nitrogen functional groups attached to an aromatic ring is 1. The first kappa shape index (κ1) is 13.2. The molecule has 0 aliphatic rings. The van der Waals surface area contributed by atoms with Crippen molar-refractivity contribution >= 4 is 23.2 Å². The van der Waals surface area contributed by atoms with Crippen molar-refractivity contribution in [3.63, 3.8) is 0 Å². The fourth-order valence-corrected chi connectivity index (χ4v) is 1.73. The van der Waals surface area contributed by atoms with E-state index in [-0.39, 0.29) is 16.6 Å². The Bertz CT molecular complexity index is 592. The smallest absolute Gasteiger partial charge is 0.162 e. The van der Waals surface area contributed by atoms with Crippen molar-refractivity contribution in [2.45, 2.75) is 6.54 Å². The lowest BCUT2D eigenvalue weighted by Gasteiger charge is -2.11. The topological polar surface area (TPSA) is 93.3 Å². The molecule has 0 radical (unpaired) electrons. The van der Waals surface area contributed by atoms with E-state index in [1.165, 1.54) is 13.4 Å². The highest BCUT2D eigenvalue weighted by Crippen LogP contribution is 2.30. The number of hydrogen-bond acceptors (Lipinski definition) is 6. The van der Waals surface area contributed by atoms with E-state index in [0.29, 0.717) is 23.7 Å². The second-order valence-corrected chi connectivity index (χ2v) is 4.12. The highest BCUT2D eigenvalue weighted by atomic mass is 35.5. The average molecular weight is 281 g/mol. The molecule has 1 heterocycles. The zero-order chi connectivity index (χ0) is 13.8. The molecule has 19 heavy (non-hydrogen) atoms. The summed E-state index contributed by atoms with van der Waals surface area (Å²) in [5.74, 6) is 1.11. The number of phenolic OH excluding ortho intramolecular Hbond substituents is 1. The minimum atomic E-state index is 0.0793. The van der Waals surface area contributed by atoms with Crippen LogP contribution in [0.4, 0.5) is 11.6 Å². The minimum absolute atomic E-state index is 0.0793. The van der Waals surface area contributed by atoms with Crippen LogP contribution in [0.15, 0.2) is 24.5 Å². The van der Waals surface area contributed by atoms with Gasteiger partial charge in [-0.1, -0.05) is 23.7 Å². The summed E-state index contributed by atoms with van der Waals surface area (Å²) in [6.45, 7) is 0.333. The minimum Gasteiger partial charge on any atom is -0.504 e. The molecule has 2 rings (SSSR count). The molecule has 2 aromatic rings. The molecule has 6 nitrogen and oxygen atoms in total. The largest absolute Gasteiger partial charge is 0.504 e. The number of anilines is 2. The van der Waals surface area contributed by atoms with Gasteiger partial charge >= 0.3 is 0 Å². The number of methoxy groups -OCH3 is 1. The van der Waals surface area contributed by atoms with Crippen LogP contribution in [0.1, 0.15) is 5.56 Å². The van der Waals surface area contributed by atoms with Crippen LogP contribution in [0, 0.1) is 0 Å². The van der Waals surface area contributed by atoms with Crippen LogP contribution < -0.4 is 15.8 Å². The van der Waals surface area contributed by atoms with Gasteiger partial charge in [0.2, 0.25) is 0 Å². The van der Waals surface area contributed by atoms with Gasteiger partial charge < -0.3 is 20.9 Å². The molecule has 0 aliphatic carbocycles. The fourth-order valence-electron chi connectivity index (χ4n) is 1.56. The molecule has 0 atom stereocenters. The van der Waals surface area contributed by atoms with Crippen LogP contribution in [-0.4, -0.2) is 22.2 Å². The van der Waals surface area contributed by atoms with Gasteiger partial charge in [-0.05, 0) is 6.07 Å². The predicted molar refractivity (Wildman–Crippen MR) is 73.4 cm³/mol. The Morgan fingerprint density at radius 2 is 2.21 bits per heavy atom. The first-order chi connectivity index (χ1) is 9.13. The molecule has 0 aliphatic heterocycles. The fraction of sp³-hybridized carbons (Fsp3) is 0.167. The number of halogens is 1. The summed E-state index contributed by atoms with van der Waals surface area (Å²) in [5, 5.41) is 13.2. The number of hydrogen-bond donors (Lipinski definition) is 3. The lowest BCUT2D eigenvalue weighted by molar-refractivity contribution is 0.371. The molecule has 0 saturated carbocycles. The molecule has 0 spiro atoms. The number of aromatic hydroxyl groups is 1. The molecule has 0 bridgehead atoms. The molecular weight excluding hydrogens is 268 g/mol. The SMILES string of the molecule is COc1cccc(CNc2ncnc(N)c2Cl)c1O. The van der Waals surface area contributed by atoms with E-state index in [2.05, 4.69) is 15.3 Å². The zero-order valence-corrected chi connectivity index (χ0v) is 11.0. The summed E-state index contributed by atoms with van der Waals surface area (Å²) in [7, 11) is 1.49. The van der Waals surface area contributed by atoms with Crippen molar-refractivity contribution in [2.24, 2.45) is 0 Å². The quantitative estimate of drug-likeness (QED) is 0.793. The van der Waals surface area contributed by atoms with Crippen LogP contribution >= 0.6 is 11.6 Å². The second kappa shape index (κ2) is 5.62. The van der Waals surface area contributed by atoms with Crippen LogP contribution in [-0.2, 0) is 6.54 Å². The van der Waals surface area contributed by atoms with Gasteiger partial charge in [-0.15, -0.1) is 0 Å². The second-order valence-electron chi connectivity index (χ2n) is 3.74. The van der Waals surface area contributed by atoms with Crippen molar-refractivity contribution < 1.29 is 9.84 Å². The number of phenols is 1. The number of nitrogens with zero attached hydrogens (tertiary/aromatic N) is 2. The van der Waals surface area contributed by atoms with Gasteiger partial charge in [-0.25, -0.2) is 9.97 Å². The summed E-state index contributed by atoms with van der Waals surface area (Å²) in [4.78, 5) is 7.74. The van der Waals surface area contributed by atoms with Gasteiger partial charge in [0, 0.05) is 12.1 Å². The van der Waals surface area contributed by atoms with Gasteiger partial charge in [0.25, 0.3) is 0 Å². The van der Waals surface area contributed by atoms with Crippen molar-refractivity contribution in [1.29, 1.82) is 0 Å². The summed E-state index contributed by atoms with van der Waals surface area (Å²) in [6.07, 6.45) is 1.31. The Morgan fingerprint density at radius 3 is 2.95 bits per heavy atom. The van der Waals surface area contributed by atoms with Crippen molar-refractivity contribution in [3.05, 3.63) is 35.1 Å². The molecular formula is C12H13ClN4O2. The van der Waals surface area contributed by atoms with Crippen molar-refractivity contribution in [2.75, 3.05) is 18.2 Å². The Kier molecular flexibility index (Phi) is 3.91. The maximum absolute atomic E-state index is 9.94. The average Bonchev–Trinajstić information content (AvgIpc) is 2.42. The third kappa shape index (κ3) is 2.79. The van der Waals surface area contributed by atoms with E-state index in [0.717, 1.165) is 0 Å². The standard InChI is InChI=1S/C12H13ClN4O2/c1-19-8-4-2-3-7(10(8)18)5-15-12-9(13)11(14)16-6-17-12/h2-4,6,18H,5H2,1H3,(H3,14,15,16,17). The maximum Gasteiger partial charge on any atom is 0.162 e. The molecule has 4 N–H and O–H groups in total. The molecule has 7 heteroatoms. The van der Waals surface area contributed by atoms with Crippen LogP contribution in [0.25, 0.3) is 0 Å². The van der Waals surface area contributed by atoms with Gasteiger partial charge in [0.15, 0.2) is 17.3 Å². The van der Waals surface area contributed by atoms with Crippen molar-refractivity contribution in [1.82, 2.24) is 9.97 Å². The number of para-hydroxylation sites is 1. The first-order valence-corrected chi connectivity index (χ1v) is 5.86. The number of nitrogens with two attached hydrogens (primary N) is 1. The van der Waals surface area contributed by atoms with Gasteiger partial charge in [-0.3, -0.25) is 0 Å². The van der Waals surface area contributed by atoms with E-state index in [1.807, 2.05) is 0 Å². The van der Waals surface area contributed by atoms with E-state index < -0.39 is 0 Å². The molecule has 1 aromatic heterocycles. The number of nitrogens with one attached hydrogen (secondary N) is 1. The number of aromatic nitrogens is 2. The Hall–Kier alpha value is -2.21. The maximum atomic E-state index is 9.94. The summed E-state index contributed by atoms with van der Waals surface area (Å²) < 4.78 is 5.03. The van der Waals surface area contributed by atoms with E-state index in [4.69, 9.17) is 22.1 Å². The van der Waals surface area contributed by atoms with Crippen molar-refractivity contribution in [3.8, 4) is 11.5 Å². The van der Waals surface area contributed by atoms with E-state index in [9.17, 15) is 5.11 Å². The summed E-state index contributed by atoms with van der Waals surface area (Å²) >= 11 is 5.96. The molecule has 0 unspecified atom stereocenters. The Balaban J connectivity index is 2.17. The third-order valence-electron chi connectivity index (χ3n) is 2.57. The van der Waals surface area contributed by atoms with Crippen LogP contribution in [0.5, 0.6) is 11.5 Å². The number of rotatable bonds is 4.